The van der Waals surface area contributed by atoms with Crippen molar-refractivity contribution in [3.63, 3.8) is 0 Å². The van der Waals surface area contributed by atoms with Crippen molar-refractivity contribution in [3.8, 4) is 0 Å². The Morgan fingerprint density at radius 2 is 1.86 bits per heavy atom. The number of fused-ring (bicyclic) bond motifs is 1. The van der Waals surface area contributed by atoms with Gasteiger partial charge in [0.25, 0.3) is 10.0 Å². The highest BCUT2D eigenvalue weighted by Crippen LogP contribution is 2.33. The molecule has 228 valence electrons. The van der Waals surface area contributed by atoms with E-state index >= 15 is 0 Å². The molecule has 3 aliphatic heterocycles. The standard InChI is InChI=1S/C29H38ClN5O5S2/c1-32(28(37)19-6-7-19)22-10-13-33(16-22)17-23-4-2-12-35(23)26(36)18-34-11-3-5-24(29(34)38)31-42(39,40)27-15-20-14-21(30)8-9-25(20)41-27/h8-9,14-15,19,22-24,31H,2-7,10-13,16-18H2,1H3/t22?,23-,24-/m0/s1. The highest BCUT2D eigenvalue weighted by molar-refractivity contribution is 7.91. The predicted octanol–water partition coefficient (Wildman–Crippen LogP) is 2.76. The van der Waals surface area contributed by atoms with Gasteiger partial charge in [-0.25, -0.2) is 8.42 Å². The molecule has 1 aromatic carbocycles. The number of carbonyl (C=O) groups excluding carboxylic acids is 3. The maximum atomic E-state index is 13.4. The van der Waals surface area contributed by atoms with Crippen LogP contribution >= 0.6 is 22.9 Å². The topological polar surface area (TPSA) is 110 Å². The zero-order valence-electron chi connectivity index (χ0n) is 23.8. The molecule has 0 spiro atoms. The number of amides is 3. The first-order valence-electron chi connectivity index (χ1n) is 14.9. The Hall–Kier alpha value is -2.25. The minimum Gasteiger partial charge on any atom is -0.341 e. The van der Waals surface area contributed by atoms with Crippen LogP contribution in [0.2, 0.25) is 5.02 Å². The Labute approximate surface area is 256 Å². The molecule has 1 N–H and O–H groups in total. The molecule has 6 rings (SSSR count). The molecule has 1 unspecified atom stereocenters. The highest BCUT2D eigenvalue weighted by atomic mass is 35.5. The van der Waals surface area contributed by atoms with E-state index in [9.17, 15) is 22.8 Å². The minimum atomic E-state index is -3.92. The van der Waals surface area contributed by atoms with Gasteiger partial charge in [-0.2, -0.15) is 4.72 Å². The zero-order valence-corrected chi connectivity index (χ0v) is 26.2. The van der Waals surface area contributed by atoms with Crippen molar-refractivity contribution in [2.45, 2.75) is 67.3 Å². The largest absolute Gasteiger partial charge is 0.341 e. The summed E-state index contributed by atoms with van der Waals surface area (Å²) in [7, 11) is -2.00. The fraction of sp³-hybridized carbons (Fsp3) is 0.621. The van der Waals surface area contributed by atoms with Crippen molar-refractivity contribution in [1.82, 2.24) is 24.3 Å². The van der Waals surface area contributed by atoms with Crippen molar-refractivity contribution >= 4 is 60.8 Å². The molecule has 0 radical (unpaired) electrons. The number of rotatable bonds is 9. The van der Waals surface area contributed by atoms with Gasteiger partial charge in [0.1, 0.15) is 10.3 Å². The molecule has 4 heterocycles. The lowest BCUT2D eigenvalue weighted by atomic mass is 10.1. The molecular formula is C29H38ClN5O5S2. The Balaban J connectivity index is 1.04. The van der Waals surface area contributed by atoms with Crippen LogP contribution in [0.15, 0.2) is 28.5 Å². The number of nitrogens with zero attached hydrogens (tertiary/aromatic N) is 4. The Bertz CT molecular complexity index is 1480. The molecule has 1 aliphatic carbocycles. The van der Waals surface area contributed by atoms with Gasteiger partial charge in [0.15, 0.2) is 0 Å². The normalized spacial score (nSPS) is 25.5. The molecule has 4 aliphatic rings. The highest BCUT2D eigenvalue weighted by Gasteiger charge is 2.39. The van der Waals surface area contributed by atoms with E-state index in [2.05, 4.69) is 9.62 Å². The predicted molar refractivity (Wildman–Crippen MR) is 162 cm³/mol. The fourth-order valence-electron chi connectivity index (χ4n) is 6.57. The third-order valence-corrected chi connectivity index (χ3v) is 12.4. The first-order chi connectivity index (χ1) is 20.1. The lowest BCUT2D eigenvalue weighted by Gasteiger charge is -2.35. The van der Waals surface area contributed by atoms with E-state index in [1.165, 1.54) is 4.90 Å². The fourth-order valence-corrected chi connectivity index (χ4v) is 9.37. The number of nitrogens with one attached hydrogen (secondary N) is 1. The van der Waals surface area contributed by atoms with Crippen LogP contribution < -0.4 is 4.72 Å². The summed E-state index contributed by atoms with van der Waals surface area (Å²) in [5, 5.41) is 1.26. The maximum Gasteiger partial charge on any atom is 0.250 e. The number of thiophene rings is 1. The van der Waals surface area contributed by atoms with E-state index in [4.69, 9.17) is 11.6 Å². The van der Waals surface area contributed by atoms with E-state index in [0.717, 1.165) is 73.2 Å². The van der Waals surface area contributed by atoms with Gasteiger partial charge in [0.2, 0.25) is 17.7 Å². The van der Waals surface area contributed by atoms with Crippen molar-refractivity contribution in [3.05, 3.63) is 29.3 Å². The number of hydrogen-bond donors (Lipinski definition) is 1. The minimum absolute atomic E-state index is 0.0454. The second kappa shape index (κ2) is 12.0. The van der Waals surface area contributed by atoms with E-state index in [1.54, 1.807) is 24.3 Å². The molecular weight excluding hydrogens is 598 g/mol. The summed E-state index contributed by atoms with van der Waals surface area (Å²) in [6, 6.07) is 6.18. The Kier molecular flexibility index (Phi) is 8.54. The van der Waals surface area contributed by atoms with Crippen LogP contribution in [-0.2, 0) is 24.4 Å². The molecule has 13 heteroatoms. The molecule has 3 atom stereocenters. The molecule has 4 fully saturated rings. The van der Waals surface area contributed by atoms with Crippen molar-refractivity contribution in [2.24, 2.45) is 5.92 Å². The van der Waals surface area contributed by atoms with Crippen LogP contribution in [-0.4, -0.2) is 110 Å². The molecule has 3 amide bonds. The lowest BCUT2D eigenvalue weighted by Crippen LogP contribution is -2.55. The Morgan fingerprint density at radius 3 is 2.64 bits per heavy atom. The molecule has 0 bridgehead atoms. The molecule has 2 aromatic rings. The van der Waals surface area contributed by atoms with Gasteiger partial charge in [-0.1, -0.05) is 11.6 Å². The van der Waals surface area contributed by atoms with Gasteiger partial charge >= 0.3 is 0 Å². The summed E-state index contributed by atoms with van der Waals surface area (Å²) in [6.07, 6.45) is 5.80. The number of hydrogen-bond acceptors (Lipinski definition) is 7. The summed E-state index contributed by atoms with van der Waals surface area (Å²) in [5.41, 5.74) is 0. The number of piperidine rings is 1. The van der Waals surface area contributed by atoms with Crippen LogP contribution in [0.25, 0.3) is 10.1 Å². The molecule has 1 aromatic heterocycles. The first-order valence-corrected chi connectivity index (χ1v) is 17.6. The van der Waals surface area contributed by atoms with Gasteiger partial charge in [-0.15, -0.1) is 11.3 Å². The van der Waals surface area contributed by atoms with E-state index < -0.39 is 16.1 Å². The van der Waals surface area contributed by atoms with Gasteiger partial charge in [-0.3, -0.25) is 19.3 Å². The number of carbonyl (C=O) groups is 3. The Morgan fingerprint density at radius 1 is 1.07 bits per heavy atom. The van der Waals surface area contributed by atoms with Gasteiger partial charge in [-0.05, 0) is 74.6 Å². The summed E-state index contributed by atoms with van der Waals surface area (Å²) in [6.45, 7) is 3.55. The summed E-state index contributed by atoms with van der Waals surface area (Å²) < 4.78 is 29.9. The quantitative estimate of drug-likeness (QED) is 0.454. The number of sulfonamides is 1. The maximum absolute atomic E-state index is 13.4. The van der Waals surface area contributed by atoms with Crippen LogP contribution in [0.5, 0.6) is 0 Å². The van der Waals surface area contributed by atoms with Crippen molar-refractivity contribution in [1.29, 1.82) is 0 Å². The monoisotopic (exact) mass is 635 g/mol. The van der Waals surface area contributed by atoms with Crippen LogP contribution in [0.4, 0.5) is 0 Å². The second-order valence-corrected chi connectivity index (χ2v) is 15.6. The third kappa shape index (κ3) is 6.33. The molecule has 3 saturated heterocycles. The van der Waals surface area contributed by atoms with E-state index in [-0.39, 0.29) is 46.5 Å². The molecule has 42 heavy (non-hydrogen) atoms. The van der Waals surface area contributed by atoms with Crippen LogP contribution in [0.3, 0.4) is 0 Å². The third-order valence-electron chi connectivity index (χ3n) is 9.11. The smallest absolute Gasteiger partial charge is 0.250 e. The number of benzene rings is 1. The van der Waals surface area contributed by atoms with Gasteiger partial charge in [0.05, 0.1) is 6.54 Å². The van der Waals surface area contributed by atoms with Gasteiger partial charge in [0, 0.05) is 67.5 Å². The van der Waals surface area contributed by atoms with E-state index in [0.29, 0.717) is 31.0 Å². The molecule has 10 nitrogen and oxygen atoms in total. The molecule has 1 saturated carbocycles. The van der Waals surface area contributed by atoms with E-state index in [1.807, 2.05) is 16.8 Å². The number of likely N-dealkylation sites (N-methyl/N-ethyl adjacent to an activating group) is 1. The average Bonchev–Trinajstić information content (AvgIpc) is 3.31. The summed E-state index contributed by atoms with van der Waals surface area (Å²) >= 11 is 7.19. The summed E-state index contributed by atoms with van der Waals surface area (Å²) in [4.78, 5) is 47.0. The SMILES string of the molecule is CN(C(=O)C1CC1)C1CCN(C[C@@H]2CCCN2C(=O)CN2CCC[C@H](NS(=O)(=O)c3cc4cc(Cl)ccc4s3)C2=O)C1. The lowest BCUT2D eigenvalue weighted by molar-refractivity contribution is -0.143. The number of likely N-dealkylation sites (tertiary alicyclic amines) is 3. The summed E-state index contributed by atoms with van der Waals surface area (Å²) in [5.74, 6) is 0.0335. The van der Waals surface area contributed by atoms with Gasteiger partial charge < -0.3 is 14.7 Å². The average molecular weight is 636 g/mol. The number of halogens is 1. The van der Waals surface area contributed by atoms with Crippen molar-refractivity contribution in [2.75, 3.05) is 46.3 Å². The van der Waals surface area contributed by atoms with Crippen molar-refractivity contribution < 1.29 is 22.8 Å². The second-order valence-electron chi connectivity index (χ2n) is 12.1. The first kappa shape index (κ1) is 29.8. The van der Waals surface area contributed by atoms with Crippen LogP contribution in [0.1, 0.15) is 44.9 Å². The van der Waals surface area contributed by atoms with Crippen LogP contribution in [0, 0.1) is 5.92 Å². The zero-order chi connectivity index (χ0) is 29.6.